The molecule has 0 saturated heterocycles. The van der Waals surface area contributed by atoms with Crippen LogP contribution in [0.25, 0.3) is 0 Å². The van der Waals surface area contributed by atoms with E-state index in [2.05, 4.69) is 0 Å². The van der Waals surface area contributed by atoms with E-state index in [1.807, 2.05) is 32.9 Å². The van der Waals surface area contributed by atoms with E-state index >= 15 is 0 Å². The number of nitrogens with one attached hydrogen (secondary N) is 1. The van der Waals surface area contributed by atoms with Gasteiger partial charge in [-0.25, -0.2) is 0 Å². The zero-order valence-corrected chi connectivity index (χ0v) is 10.6. The molecule has 4 nitrogen and oxygen atoms in total. The third-order valence-electron chi connectivity index (χ3n) is 2.22. The summed E-state index contributed by atoms with van der Waals surface area (Å²) in [6, 6.07) is 5.59. The van der Waals surface area contributed by atoms with Crippen LogP contribution in [0.1, 0.15) is 25.0 Å². The monoisotopic (exact) mass is 236 g/mol. The van der Waals surface area contributed by atoms with Gasteiger partial charge in [0.1, 0.15) is 18.2 Å². The van der Waals surface area contributed by atoms with Crippen LogP contribution in [-0.4, -0.2) is 25.2 Å². The number of hydrogen-bond donors (Lipinski definition) is 2. The Morgan fingerprint density at radius 1 is 1.35 bits per heavy atom. The number of rotatable bonds is 6. The Balaban J connectivity index is 2.62. The Morgan fingerprint density at radius 3 is 2.65 bits per heavy atom. The SMILES string of the molecule is Cc1ccc(C(=N)N)c(OCCOC(C)C)c1. The molecule has 0 unspecified atom stereocenters. The molecular weight excluding hydrogens is 216 g/mol. The third kappa shape index (κ3) is 4.44. The van der Waals surface area contributed by atoms with E-state index in [4.69, 9.17) is 20.6 Å². The maximum atomic E-state index is 7.46. The molecule has 0 heterocycles. The number of amidine groups is 1. The van der Waals surface area contributed by atoms with Crippen molar-refractivity contribution in [3.63, 3.8) is 0 Å². The zero-order chi connectivity index (χ0) is 12.8. The Morgan fingerprint density at radius 2 is 2.06 bits per heavy atom. The van der Waals surface area contributed by atoms with Crippen LogP contribution in [0.4, 0.5) is 0 Å². The van der Waals surface area contributed by atoms with Crippen molar-refractivity contribution in [1.82, 2.24) is 0 Å². The van der Waals surface area contributed by atoms with Gasteiger partial charge in [-0.05, 0) is 38.5 Å². The van der Waals surface area contributed by atoms with Crippen LogP contribution in [-0.2, 0) is 4.74 Å². The summed E-state index contributed by atoms with van der Waals surface area (Å²) in [4.78, 5) is 0. The van der Waals surface area contributed by atoms with Crippen LogP contribution in [0, 0.1) is 12.3 Å². The van der Waals surface area contributed by atoms with Crippen LogP contribution in [0.5, 0.6) is 5.75 Å². The Labute approximate surface area is 102 Å². The fourth-order valence-electron chi connectivity index (χ4n) is 1.41. The molecule has 1 aromatic carbocycles. The van der Waals surface area contributed by atoms with Crippen molar-refractivity contribution < 1.29 is 9.47 Å². The molecule has 1 aromatic rings. The lowest BCUT2D eigenvalue weighted by Crippen LogP contribution is -2.16. The molecular formula is C13H20N2O2. The number of nitrogens with two attached hydrogens (primary N) is 1. The van der Waals surface area contributed by atoms with Crippen molar-refractivity contribution in [2.24, 2.45) is 5.73 Å². The van der Waals surface area contributed by atoms with E-state index < -0.39 is 0 Å². The van der Waals surface area contributed by atoms with Crippen LogP contribution < -0.4 is 10.5 Å². The molecule has 0 bridgehead atoms. The van der Waals surface area contributed by atoms with Crippen LogP contribution in [0.3, 0.4) is 0 Å². The summed E-state index contributed by atoms with van der Waals surface area (Å²) in [6.07, 6.45) is 0.198. The molecule has 0 aliphatic rings. The van der Waals surface area contributed by atoms with Gasteiger partial charge >= 0.3 is 0 Å². The highest BCUT2D eigenvalue weighted by Gasteiger charge is 2.06. The average Bonchev–Trinajstić information content (AvgIpc) is 2.23. The van der Waals surface area contributed by atoms with Gasteiger partial charge in [-0.1, -0.05) is 6.07 Å². The minimum Gasteiger partial charge on any atom is -0.490 e. The van der Waals surface area contributed by atoms with Crippen molar-refractivity contribution in [2.45, 2.75) is 26.9 Å². The van der Waals surface area contributed by atoms with Gasteiger partial charge in [-0.2, -0.15) is 0 Å². The summed E-state index contributed by atoms with van der Waals surface area (Å²) in [5.41, 5.74) is 7.19. The van der Waals surface area contributed by atoms with Crippen molar-refractivity contribution in [1.29, 1.82) is 5.41 Å². The Bertz CT molecular complexity index is 389. The minimum atomic E-state index is 0.0183. The highest BCUT2D eigenvalue weighted by Crippen LogP contribution is 2.19. The lowest BCUT2D eigenvalue weighted by atomic mass is 10.1. The molecule has 0 saturated carbocycles. The molecule has 3 N–H and O–H groups in total. The second-order valence-corrected chi connectivity index (χ2v) is 4.18. The molecule has 0 amide bonds. The van der Waals surface area contributed by atoms with Gasteiger partial charge in [0.05, 0.1) is 18.3 Å². The predicted molar refractivity (Wildman–Crippen MR) is 68.8 cm³/mol. The smallest absolute Gasteiger partial charge is 0.130 e. The van der Waals surface area contributed by atoms with E-state index in [1.54, 1.807) is 6.07 Å². The minimum absolute atomic E-state index is 0.0183. The maximum Gasteiger partial charge on any atom is 0.130 e. The summed E-state index contributed by atoms with van der Waals surface area (Å²) in [5.74, 6) is 0.662. The van der Waals surface area contributed by atoms with Gasteiger partial charge in [0, 0.05) is 0 Å². The predicted octanol–water partition coefficient (Wildman–Crippen LogP) is 2.08. The second kappa shape index (κ2) is 6.25. The largest absolute Gasteiger partial charge is 0.490 e. The fraction of sp³-hybridized carbons (Fsp3) is 0.462. The van der Waals surface area contributed by atoms with E-state index in [1.165, 1.54) is 0 Å². The molecule has 0 atom stereocenters. The molecule has 0 aromatic heterocycles. The number of aryl methyl sites for hydroxylation is 1. The van der Waals surface area contributed by atoms with Crippen molar-refractivity contribution in [3.8, 4) is 5.75 Å². The topological polar surface area (TPSA) is 68.3 Å². The molecule has 0 fully saturated rings. The molecule has 1 rings (SSSR count). The third-order valence-corrected chi connectivity index (χ3v) is 2.22. The highest BCUT2D eigenvalue weighted by atomic mass is 16.5. The number of nitrogen functional groups attached to an aromatic ring is 1. The average molecular weight is 236 g/mol. The first-order chi connectivity index (χ1) is 8.00. The molecule has 0 aliphatic carbocycles. The summed E-state index contributed by atoms with van der Waals surface area (Å²) in [7, 11) is 0. The number of hydrogen-bond acceptors (Lipinski definition) is 3. The summed E-state index contributed by atoms with van der Waals surface area (Å²) < 4.78 is 11.0. The standard InChI is InChI=1S/C13H20N2O2/c1-9(2)16-6-7-17-12-8-10(3)4-5-11(12)13(14)15/h4-5,8-9H,6-7H2,1-3H3,(H3,14,15). The number of benzene rings is 1. The molecule has 4 heteroatoms. The van der Waals surface area contributed by atoms with Gasteiger partial charge in [-0.3, -0.25) is 5.41 Å². The molecule has 17 heavy (non-hydrogen) atoms. The van der Waals surface area contributed by atoms with E-state index in [9.17, 15) is 0 Å². The Kier molecular flexibility index (Phi) is 4.97. The molecule has 0 radical (unpaired) electrons. The van der Waals surface area contributed by atoms with Crippen molar-refractivity contribution in [2.75, 3.05) is 13.2 Å². The lowest BCUT2D eigenvalue weighted by Gasteiger charge is -2.12. The molecule has 0 aliphatic heterocycles. The van der Waals surface area contributed by atoms with Gasteiger partial charge in [0.15, 0.2) is 0 Å². The van der Waals surface area contributed by atoms with E-state index in [-0.39, 0.29) is 11.9 Å². The molecule has 94 valence electrons. The Hall–Kier alpha value is -1.55. The summed E-state index contributed by atoms with van der Waals surface area (Å²) in [5, 5.41) is 7.46. The molecule has 0 spiro atoms. The number of ether oxygens (including phenoxy) is 2. The van der Waals surface area contributed by atoms with Gasteiger partial charge in [0.25, 0.3) is 0 Å². The van der Waals surface area contributed by atoms with Gasteiger partial charge in [0.2, 0.25) is 0 Å². The fourth-order valence-corrected chi connectivity index (χ4v) is 1.41. The van der Waals surface area contributed by atoms with Crippen LogP contribution in [0.2, 0.25) is 0 Å². The lowest BCUT2D eigenvalue weighted by molar-refractivity contribution is 0.0552. The maximum absolute atomic E-state index is 7.46. The van der Waals surface area contributed by atoms with Gasteiger partial charge < -0.3 is 15.2 Å². The normalized spacial score (nSPS) is 10.6. The first kappa shape index (κ1) is 13.5. The van der Waals surface area contributed by atoms with Crippen LogP contribution in [0.15, 0.2) is 18.2 Å². The van der Waals surface area contributed by atoms with Crippen molar-refractivity contribution in [3.05, 3.63) is 29.3 Å². The zero-order valence-electron chi connectivity index (χ0n) is 10.6. The van der Waals surface area contributed by atoms with Gasteiger partial charge in [-0.15, -0.1) is 0 Å². The first-order valence-corrected chi connectivity index (χ1v) is 5.70. The quantitative estimate of drug-likeness (QED) is 0.451. The highest BCUT2D eigenvalue weighted by molar-refractivity contribution is 5.97. The second-order valence-electron chi connectivity index (χ2n) is 4.18. The summed E-state index contributed by atoms with van der Waals surface area (Å²) >= 11 is 0. The van der Waals surface area contributed by atoms with E-state index in [0.29, 0.717) is 24.5 Å². The van der Waals surface area contributed by atoms with E-state index in [0.717, 1.165) is 5.56 Å². The summed E-state index contributed by atoms with van der Waals surface area (Å²) in [6.45, 7) is 6.92. The van der Waals surface area contributed by atoms with Crippen molar-refractivity contribution >= 4 is 5.84 Å². The first-order valence-electron chi connectivity index (χ1n) is 5.70. The van der Waals surface area contributed by atoms with Crippen LogP contribution >= 0.6 is 0 Å².